The first kappa shape index (κ1) is 20.2. The number of carbonyl (C=O) groups excluding carboxylic acids is 2. The molecule has 124 valence electrons. The van der Waals surface area contributed by atoms with Crippen molar-refractivity contribution in [2.75, 3.05) is 19.6 Å². The topological polar surface area (TPSA) is 40.6 Å². The maximum absolute atomic E-state index is 12.6. The highest BCUT2D eigenvalue weighted by atomic mass is 16.2. The summed E-state index contributed by atoms with van der Waals surface area (Å²) in [6.07, 6.45) is 9.91. The van der Waals surface area contributed by atoms with Crippen LogP contribution in [0.5, 0.6) is 0 Å². The molecule has 0 fully saturated rings. The summed E-state index contributed by atoms with van der Waals surface area (Å²) in [6, 6.07) is -0.367. The number of nitrogens with zero attached hydrogens (tertiary/aromatic N) is 2. The molecule has 4 heteroatoms. The Morgan fingerprint density at radius 3 is 2.32 bits per heavy atom. The molecule has 0 aliphatic carbocycles. The van der Waals surface area contributed by atoms with Crippen molar-refractivity contribution in [3.8, 4) is 0 Å². The summed E-state index contributed by atoms with van der Waals surface area (Å²) < 4.78 is 0. The highest BCUT2D eigenvalue weighted by Crippen LogP contribution is 2.10. The van der Waals surface area contributed by atoms with Crippen molar-refractivity contribution in [1.82, 2.24) is 9.80 Å². The van der Waals surface area contributed by atoms with Gasteiger partial charge < -0.3 is 9.80 Å². The second-order valence-corrected chi connectivity index (χ2v) is 5.00. The molecule has 0 aliphatic heterocycles. The first-order valence-electron chi connectivity index (χ1n) is 8.03. The number of allylic oxidation sites excluding steroid dienone is 4. The van der Waals surface area contributed by atoms with Gasteiger partial charge in [0.2, 0.25) is 12.3 Å². The lowest BCUT2D eigenvalue weighted by Crippen LogP contribution is -2.48. The van der Waals surface area contributed by atoms with Crippen LogP contribution in [0.15, 0.2) is 36.5 Å². The fraction of sp³-hybridized carbons (Fsp3) is 0.556. The molecular weight excluding hydrogens is 276 g/mol. The minimum atomic E-state index is -0.367. The average molecular weight is 306 g/mol. The molecule has 0 spiro atoms. The lowest BCUT2D eigenvalue weighted by Gasteiger charge is -2.31. The SMILES string of the molecule is C=C/C(=C\C=C/C)CCN(CC)C(=O)C(CC)N(C=O)CC. The van der Waals surface area contributed by atoms with Crippen molar-refractivity contribution in [3.63, 3.8) is 0 Å². The maximum Gasteiger partial charge on any atom is 0.245 e. The summed E-state index contributed by atoms with van der Waals surface area (Å²) in [5, 5.41) is 0. The van der Waals surface area contributed by atoms with Crippen LogP contribution in [0.3, 0.4) is 0 Å². The third-order valence-corrected chi connectivity index (χ3v) is 3.70. The molecule has 0 aromatic heterocycles. The molecule has 1 unspecified atom stereocenters. The summed E-state index contributed by atoms with van der Waals surface area (Å²) >= 11 is 0. The monoisotopic (exact) mass is 306 g/mol. The molecule has 0 aromatic rings. The van der Waals surface area contributed by atoms with Gasteiger partial charge >= 0.3 is 0 Å². The molecule has 4 nitrogen and oxygen atoms in total. The van der Waals surface area contributed by atoms with Crippen LogP contribution >= 0.6 is 0 Å². The van der Waals surface area contributed by atoms with Crippen molar-refractivity contribution in [2.24, 2.45) is 0 Å². The Labute approximate surface area is 135 Å². The highest BCUT2D eigenvalue weighted by Gasteiger charge is 2.26. The zero-order valence-electron chi connectivity index (χ0n) is 14.4. The second kappa shape index (κ2) is 11.8. The molecule has 0 N–H and O–H groups in total. The predicted octanol–water partition coefficient (Wildman–Crippen LogP) is 3.17. The quantitative estimate of drug-likeness (QED) is 0.434. The van der Waals surface area contributed by atoms with E-state index in [1.807, 2.05) is 56.9 Å². The van der Waals surface area contributed by atoms with Gasteiger partial charge in [-0.25, -0.2) is 0 Å². The van der Waals surface area contributed by atoms with E-state index in [0.29, 0.717) is 26.1 Å². The van der Waals surface area contributed by atoms with Crippen molar-refractivity contribution < 1.29 is 9.59 Å². The minimum absolute atomic E-state index is 0.0217. The van der Waals surface area contributed by atoms with Crippen LogP contribution in [0.2, 0.25) is 0 Å². The third-order valence-electron chi connectivity index (χ3n) is 3.70. The van der Waals surface area contributed by atoms with Gasteiger partial charge in [-0.15, -0.1) is 0 Å². The molecule has 0 bridgehead atoms. The third kappa shape index (κ3) is 6.29. The van der Waals surface area contributed by atoms with Gasteiger partial charge in [-0.1, -0.05) is 37.8 Å². The summed E-state index contributed by atoms with van der Waals surface area (Å²) in [7, 11) is 0. The molecule has 0 aliphatic rings. The number of carbonyl (C=O) groups is 2. The van der Waals surface area contributed by atoms with Crippen molar-refractivity contribution in [2.45, 2.75) is 46.6 Å². The van der Waals surface area contributed by atoms with E-state index in [1.165, 1.54) is 0 Å². The zero-order chi connectivity index (χ0) is 17.0. The predicted molar refractivity (Wildman–Crippen MR) is 92.5 cm³/mol. The standard InChI is InChI=1S/C18H30N2O2/c1-6-11-12-16(7-2)13-14-19(9-4)18(22)17(8-3)20(10-5)15-21/h6-7,11-12,15,17H,2,8-10,13-14H2,1,3-5H3/b11-6-,16-12+. The molecule has 22 heavy (non-hydrogen) atoms. The van der Waals surface area contributed by atoms with Crippen LogP contribution in [-0.4, -0.2) is 47.8 Å². The molecule has 0 heterocycles. The summed E-state index contributed by atoms with van der Waals surface area (Å²) in [6.45, 7) is 13.4. The molecule has 2 amide bonds. The van der Waals surface area contributed by atoms with Crippen molar-refractivity contribution >= 4 is 12.3 Å². The lowest BCUT2D eigenvalue weighted by atomic mass is 10.1. The minimum Gasteiger partial charge on any atom is -0.341 e. The fourth-order valence-electron chi connectivity index (χ4n) is 2.29. The van der Waals surface area contributed by atoms with Gasteiger partial charge in [-0.05, 0) is 39.2 Å². The molecule has 0 rings (SSSR count). The lowest BCUT2D eigenvalue weighted by molar-refractivity contribution is -0.140. The summed E-state index contributed by atoms with van der Waals surface area (Å²) in [5.41, 5.74) is 1.10. The Balaban J connectivity index is 4.90. The molecular formula is C18H30N2O2. The van der Waals surface area contributed by atoms with E-state index < -0.39 is 0 Å². The van der Waals surface area contributed by atoms with E-state index in [-0.39, 0.29) is 11.9 Å². The zero-order valence-corrected chi connectivity index (χ0v) is 14.4. The normalized spacial score (nSPS) is 13.0. The molecule has 0 saturated heterocycles. The summed E-state index contributed by atoms with van der Waals surface area (Å²) in [5.74, 6) is 0.0217. The van der Waals surface area contributed by atoms with Crippen LogP contribution in [-0.2, 0) is 9.59 Å². The molecule has 1 atom stereocenters. The van der Waals surface area contributed by atoms with E-state index >= 15 is 0 Å². The maximum atomic E-state index is 12.6. The number of rotatable bonds is 11. The number of amides is 2. The Morgan fingerprint density at radius 2 is 1.91 bits per heavy atom. The Hall–Kier alpha value is -1.84. The van der Waals surface area contributed by atoms with Gasteiger partial charge in [0, 0.05) is 19.6 Å². The van der Waals surface area contributed by atoms with Gasteiger partial charge in [0.1, 0.15) is 6.04 Å². The Bertz CT molecular complexity index is 413. The van der Waals surface area contributed by atoms with Gasteiger partial charge in [-0.2, -0.15) is 0 Å². The van der Waals surface area contributed by atoms with Gasteiger partial charge in [0.15, 0.2) is 0 Å². The highest BCUT2D eigenvalue weighted by molar-refractivity contribution is 5.83. The van der Waals surface area contributed by atoms with Gasteiger partial charge in [0.05, 0.1) is 0 Å². The number of hydrogen-bond acceptors (Lipinski definition) is 2. The van der Waals surface area contributed by atoms with Gasteiger partial charge in [0.25, 0.3) is 0 Å². The average Bonchev–Trinajstić information content (AvgIpc) is 2.55. The largest absolute Gasteiger partial charge is 0.341 e. The smallest absolute Gasteiger partial charge is 0.245 e. The first-order chi connectivity index (χ1) is 10.6. The van der Waals surface area contributed by atoms with E-state index in [4.69, 9.17) is 0 Å². The van der Waals surface area contributed by atoms with E-state index in [9.17, 15) is 9.59 Å². The van der Waals surface area contributed by atoms with Crippen LogP contribution in [0.1, 0.15) is 40.5 Å². The van der Waals surface area contributed by atoms with Gasteiger partial charge in [-0.3, -0.25) is 9.59 Å². The molecule has 0 saturated carbocycles. The van der Waals surface area contributed by atoms with Crippen LogP contribution < -0.4 is 0 Å². The number of hydrogen-bond donors (Lipinski definition) is 0. The van der Waals surface area contributed by atoms with Crippen LogP contribution in [0, 0.1) is 0 Å². The first-order valence-corrected chi connectivity index (χ1v) is 8.03. The second-order valence-electron chi connectivity index (χ2n) is 5.00. The van der Waals surface area contributed by atoms with Crippen molar-refractivity contribution in [1.29, 1.82) is 0 Å². The molecule has 0 radical (unpaired) electrons. The Morgan fingerprint density at radius 1 is 1.23 bits per heavy atom. The Kier molecular flexibility index (Phi) is 10.8. The number of likely N-dealkylation sites (N-methyl/N-ethyl adjacent to an activating group) is 2. The van der Waals surface area contributed by atoms with E-state index in [1.54, 1.807) is 4.90 Å². The summed E-state index contributed by atoms with van der Waals surface area (Å²) in [4.78, 5) is 27.1. The van der Waals surface area contributed by atoms with Crippen molar-refractivity contribution in [3.05, 3.63) is 36.5 Å². The van der Waals surface area contributed by atoms with E-state index in [2.05, 4.69) is 6.58 Å². The van der Waals surface area contributed by atoms with Crippen LogP contribution in [0.25, 0.3) is 0 Å². The van der Waals surface area contributed by atoms with E-state index in [0.717, 1.165) is 18.4 Å². The van der Waals surface area contributed by atoms with Crippen LogP contribution in [0.4, 0.5) is 0 Å². The molecule has 0 aromatic carbocycles. The fourth-order valence-corrected chi connectivity index (χ4v) is 2.29.